The van der Waals surface area contributed by atoms with Crippen molar-refractivity contribution in [2.45, 2.75) is 23.6 Å². The minimum atomic E-state index is -3.44. The standard InChI is InChI=1S/C10H12ClNO4S/c1-7(11)5-8-3-4-9(17(2,15)16)6-10(8)12(13)14/h3-4,6-7H,5H2,1-2H3. The average molecular weight is 278 g/mol. The summed E-state index contributed by atoms with van der Waals surface area (Å²) in [5.74, 6) is 0. The molecule has 0 radical (unpaired) electrons. The van der Waals surface area contributed by atoms with E-state index in [1.54, 1.807) is 6.92 Å². The Morgan fingerprint density at radius 3 is 2.47 bits per heavy atom. The smallest absolute Gasteiger partial charge is 0.258 e. The second-order valence-electron chi connectivity index (χ2n) is 3.80. The molecule has 0 aliphatic carbocycles. The summed E-state index contributed by atoms with van der Waals surface area (Å²) in [4.78, 5) is 10.2. The lowest BCUT2D eigenvalue weighted by Crippen LogP contribution is -2.04. The molecule has 94 valence electrons. The van der Waals surface area contributed by atoms with Crippen molar-refractivity contribution in [2.24, 2.45) is 0 Å². The summed E-state index contributed by atoms with van der Waals surface area (Å²) in [7, 11) is -3.44. The molecule has 0 heterocycles. The summed E-state index contributed by atoms with van der Waals surface area (Å²) >= 11 is 5.78. The number of hydrogen-bond donors (Lipinski definition) is 0. The van der Waals surface area contributed by atoms with Crippen molar-refractivity contribution in [1.29, 1.82) is 0 Å². The van der Waals surface area contributed by atoms with Crippen molar-refractivity contribution in [3.05, 3.63) is 33.9 Å². The van der Waals surface area contributed by atoms with E-state index in [0.717, 1.165) is 12.3 Å². The van der Waals surface area contributed by atoms with Gasteiger partial charge < -0.3 is 0 Å². The van der Waals surface area contributed by atoms with Gasteiger partial charge >= 0.3 is 0 Å². The summed E-state index contributed by atoms with van der Waals surface area (Å²) in [5.41, 5.74) is 0.227. The number of nitro benzene ring substituents is 1. The van der Waals surface area contributed by atoms with Crippen LogP contribution in [-0.2, 0) is 16.3 Å². The van der Waals surface area contributed by atoms with Gasteiger partial charge in [0, 0.05) is 23.3 Å². The van der Waals surface area contributed by atoms with Crippen LogP contribution in [0.25, 0.3) is 0 Å². The van der Waals surface area contributed by atoms with Crippen LogP contribution in [0.2, 0.25) is 0 Å². The van der Waals surface area contributed by atoms with E-state index in [1.807, 2.05) is 0 Å². The summed E-state index contributed by atoms with van der Waals surface area (Å²) in [5, 5.41) is 10.6. The number of nitro groups is 1. The minimum absolute atomic E-state index is 0.0600. The topological polar surface area (TPSA) is 77.3 Å². The Kier molecular flexibility index (Phi) is 4.11. The van der Waals surface area contributed by atoms with Gasteiger partial charge in [-0.25, -0.2) is 8.42 Å². The maximum Gasteiger partial charge on any atom is 0.273 e. The molecule has 7 heteroatoms. The van der Waals surface area contributed by atoms with Crippen LogP contribution in [0, 0.1) is 10.1 Å². The molecule has 1 atom stereocenters. The SMILES string of the molecule is CC(Cl)Cc1ccc(S(C)(=O)=O)cc1[N+](=O)[O-]. The quantitative estimate of drug-likeness (QED) is 0.480. The Bertz CT molecular complexity index is 539. The van der Waals surface area contributed by atoms with Gasteiger partial charge in [0.15, 0.2) is 9.84 Å². The van der Waals surface area contributed by atoms with Gasteiger partial charge in [-0.05, 0) is 19.4 Å². The summed E-state index contributed by atoms with van der Waals surface area (Å²) in [6, 6.07) is 3.87. The Balaban J connectivity index is 3.32. The van der Waals surface area contributed by atoms with Gasteiger partial charge in [0.1, 0.15) is 0 Å². The molecule has 0 aliphatic heterocycles. The molecular weight excluding hydrogens is 266 g/mol. The van der Waals surface area contributed by atoms with Crippen molar-refractivity contribution >= 4 is 27.1 Å². The number of nitrogens with zero attached hydrogens (tertiary/aromatic N) is 1. The third kappa shape index (κ3) is 3.67. The largest absolute Gasteiger partial charge is 0.273 e. The maximum atomic E-state index is 11.3. The molecule has 1 aromatic rings. The number of alkyl halides is 1. The zero-order chi connectivity index (χ0) is 13.2. The third-order valence-corrected chi connectivity index (χ3v) is 3.45. The predicted molar refractivity (Wildman–Crippen MR) is 65.2 cm³/mol. The highest BCUT2D eigenvalue weighted by Gasteiger charge is 2.19. The van der Waals surface area contributed by atoms with Gasteiger partial charge in [0.25, 0.3) is 5.69 Å². The van der Waals surface area contributed by atoms with Crippen molar-refractivity contribution in [2.75, 3.05) is 6.26 Å². The van der Waals surface area contributed by atoms with Crippen molar-refractivity contribution in [3.8, 4) is 0 Å². The molecule has 0 fully saturated rings. The molecule has 0 aliphatic rings. The van der Waals surface area contributed by atoms with Gasteiger partial charge in [0.2, 0.25) is 0 Å². The first-order valence-electron chi connectivity index (χ1n) is 4.83. The van der Waals surface area contributed by atoms with E-state index < -0.39 is 14.8 Å². The van der Waals surface area contributed by atoms with E-state index in [4.69, 9.17) is 11.6 Å². The fraction of sp³-hybridized carbons (Fsp3) is 0.400. The van der Waals surface area contributed by atoms with Gasteiger partial charge in [-0.3, -0.25) is 10.1 Å². The highest BCUT2D eigenvalue weighted by atomic mass is 35.5. The molecule has 1 aromatic carbocycles. The Hall–Kier alpha value is -1.14. The zero-order valence-corrected chi connectivity index (χ0v) is 11.0. The Labute approximate surface area is 104 Å². The summed E-state index contributed by atoms with van der Waals surface area (Å²) in [6.45, 7) is 1.72. The second kappa shape index (κ2) is 5.01. The van der Waals surface area contributed by atoms with E-state index in [9.17, 15) is 18.5 Å². The lowest BCUT2D eigenvalue weighted by molar-refractivity contribution is -0.385. The number of sulfone groups is 1. The van der Waals surface area contributed by atoms with Crippen LogP contribution in [0.4, 0.5) is 5.69 Å². The van der Waals surface area contributed by atoms with Gasteiger partial charge in [-0.15, -0.1) is 11.6 Å². The van der Waals surface area contributed by atoms with Crippen molar-refractivity contribution < 1.29 is 13.3 Å². The molecule has 0 saturated heterocycles. The molecular formula is C10H12ClNO4S. The van der Waals surface area contributed by atoms with Crippen LogP contribution in [0.5, 0.6) is 0 Å². The average Bonchev–Trinajstić information content (AvgIpc) is 2.15. The molecule has 0 saturated carbocycles. The number of hydrogen-bond acceptors (Lipinski definition) is 4. The molecule has 1 rings (SSSR count). The number of halogens is 1. The van der Waals surface area contributed by atoms with E-state index >= 15 is 0 Å². The first-order valence-corrected chi connectivity index (χ1v) is 7.16. The van der Waals surface area contributed by atoms with E-state index in [-0.39, 0.29) is 16.0 Å². The van der Waals surface area contributed by atoms with E-state index in [2.05, 4.69) is 0 Å². The lowest BCUT2D eigenvalue weighted by Gasteiger charge is -2.06. The van der Waals surface area contributed by atoms with Crippen LogP contribution in [-0.4, -0.2) is 25.0 Å². The molecule has 0 aromatic heterocycles. The number of benzene rings is 1. The van der Waals surface area contributed by atoms with Gasteiger partial charge in [-0.1, -0.05) is 6.07 Å². The van der Waals surface area contributed by atoms with Crippen LogP contribution in [0.15, 0.2) is 23.1 Å². The first kappa shape index (κ1) is 13.9. The van der Waals surface area contributed by atoms with Gasteiger partial charge in [-0.2, -0.15) is 0 Å². The van der Waals surface area contributed by atoms with Crippen molar-refractivity contribution in [1.82, 2.24) is 0 Å². The molecule has 0 spiro atoms. The van der Waals surface area contributed by atoms with E-state index in [1.165, 1.54) is 12.1 Å². The molecule has 0 bridgehead atoms. The predicted octanol–water partition coefficient (Wildman–Crippen LogP) is 2.17. The lowest BCUT2D eigenvalue weighted by atomic mass is 10.1. The van der Waals surface area contributed by atoms with Crippen molar-refractivity contribution in [3.63, 3.8) is 0 Å². The maximum absolute atomic E-state index is 11.3. The minimum Gasteiger partial charge on any atom is -0.258 e. The Morgan fingerprint density at radius 2 is 2.06 bits per heavy atom. The second-order valence-corrected chi connectivity index (χ2v) is 6.57. The van der Waals surface area contributed by atoms with Crippen LogP contribution < -0.4 is 0 Å². The molecule has 0 N–H and O–H groups in total. The van der Waals surface area contributed by atoms with Gasteiger partial charge in [0.05, 0.1) is 9.82 Å². The van der Waals surface area contributed by atoms with Crippen LogP contribution in [0.1, 0.15) is 12.5 Å². The third-order valence-electron chi connectivity index (χ3n) is 2.18. The highest BCUT2D eigenvalue weighted by Crippen LogP contribution is 2.25. The fourth-order valence-corrected chi connectivity index (χ4v) is 2.23. The van der Waals surface area contributed by atoms with E-state index in [0.29, 0.717) is 12.0 Å². The molecule has 1 unspecified atom stereocenters. The van der Waals surface area contributed by atoms with Crippen LogP contribution >= 0.6 is 11.6 Å². The zero-order valence-electron chi connectivity index (χ0n) is 9.38. The summed E-state index contributed by atoms with van der Waals surface area (Å²) in [6.07, 6.45) is 1.33. The molecule has 0 amide bonds. The fourth-order valence-electron chi connectivity index (χ4n) is 1.42. The van der Waals surface area contributed by atoms with Crippen LogP contribution in [0.3, 0.4) is 0 Å². The normalized spacial score (nSPS) is 13.4. The monoisotopic (exact) mass is 277 g/mol. The number of rotatable bonds is 4. The first-order chi connectivity index (χ1) is 7.71. The molecule has 17 heavy (non-hydrogen) atoms. The Morgan fingerprint density at radius 1 is 1.47 bits per heavy atom. The summed E-state index contributed by atoms with van der Waals surface area (Å²) < 4.78 is 22.6. The molecule has 5 nitrogen and oxygen atoms in total. The highest BCUT2D eigenvalue weighted by molar-refractivity contribution is 7.90.